The van der Waals surface area contributed by atoms with Gasteiger partial charge in [0, 0.05) is 30.7 Å². The van der Waals surface area contributed by atoms with Gasteiger partial charge in [-0.1, -0.05) is 0 Å². The minimum Gasteiger partial charge on any atom is -0.314 e. The van der Waals surface area contributed by atoms with Crippen LogP contribution in [0.15, 0.2) is 24.5 Å². The van der Waals surface area contributed by atoms with Crippen LogP contribution in [0, 0.1) is 0 Å². The minimum atomic E-state index is -0.0469. The maximum Gasteiger partial charge on any atom is 0.240 e. The molecule has 1 heterocycles. The zero-order valence-corrected chi connectivity index (χ0v) is 10.3. The molecule has 1 aromatic rings. The Labute approximate surface area is 96.7 Å². The first kappa shape index (κ1) is 12.6. The average Bonchev–Trinajstić information content (AvgIpc) is 2.25. The second-order valence-corrected chi connectivity index (χ2v) is 4.76. The van der Waals surface area contributed by atoms with Crippen molar-refractivity contribution in [2.75, 3.05) is 18.5 Å². The molecule has 0 spiro atoms. The average molecular weight is 221 g/mol. The molecular formula is C12H19N3O. The Morgan fingerprint density at radius 3 is 2.44 bits per heavy atom. The van der Waals surface area contributed by atoms with Gasteiger partial charge in [-0.25, -0.2) is 0 Å². The van der Waals surface area contributed by atoms with Crippen LogP contribution in [-0.2, 0) is 4.79 Å². The smallest absolute Gasteiger partial charge is 0.240 e. The molecule has 4 heteroatoms. The van der Waals surface area contributed by atoms with Gasteiger partial charge in [0.1, 0.15) is 0 Å². The van der Waals surface area contributed by atoms with Crippen LogP contribution in [0.3, 0.4) is 0 Å². The number of nitrogens with zero attached hydrogens (tertiary/aromatic N) is 2. The lowest BCUT2D eigenvalue weighted by molar-refractivity contribution is -0.117. The van der Waals surface area contributed by atoms with Gasteiger partial charge in [0.25, 0.3) is 0 Å². The number of hydrogen-bond donors (Lipinski definition) is 1. The Morgan fingerprint density at radius 2 is 1.94 bits per heavy atom. The largest absolute Gasteiger partial charge is 0.314 e. The number of hydrogen-bond acceptors (Lipinski definition) is 3. The predicted octanol–water partition coefficient (Wildman–Crippen LogP) is 1.43. The predicted molar refractivity (Wildman–Crippen MR) is 65.4 cm³/mol. The van der Waals surface area contributed by atoms with E-state index in [1.54, 1.807) is 24.3 Å². The summed E-state index contributed by atoms with van der Waals surface area (Å²) in [7, 11) is 1.77. The number of nitrogens with one attached hydrogen (secondary N) is 1. The van der Waals surface area contributed by atoms with Crippen molar-refractivity contribution in [3.63, 3.8) is 0 Å². The zero-order chi connectivity index (χ0) is 12.2. The molecule has 0 fully saturated rings. The Hall–Kier alpha value is -1.42. The Bertz CT molecular complexity index is 343. The first-order chi connectivity index (χ1) is 7.40. The minimum absolute atomic E-state index is 0.0427. The lowest BCUT2D eigenvalue weighted by atomic mass is 10.1. The van der Waals surface area contributed by atoms with Gasteiger partial charge >= 0.3 is 0 Å². The van der Waals surface area contributed by atoms with E-state index in [2.05, 4.69) is 10.3 Å². The van der Waals surface area contributed by atoms with Crippen LogP contribution in [0.2, 0.25) is 0 Å². The number of carbonyl (C=O) groups is 1. The number of carbonyl (C=O) groups excluding carboxylic acids is 1. The molecule has 0 aromatic carbocycles. The highest BCUT2D eigenvalue weighted by molar-refractivity contribution is 5.94. The van der Waals surface area contributed by atoms with Crippen LogP contribution in [0.1, 0.15) is 20.8 Å². The van der Waals surface area contributed by atoms with Crippen molar-refractivity contribution in [2.24, 2.45) is 0 Å². The second kappa shape index (κ2) is 5.07. The Morgan fingerprint density at radius 1 is 1.38 bits per heavy atom. The zero-order valence-electron chi connectivity index (χ0n) is 10.3. The van der Waals surface area contributed by atoms with E-state index in [1.807, 2.05) is 32.9 Å². The summed E-state index contributed by atoms with van der Waals surface area (Å²) in [5.74, 6) is 0.0427. The molecule has 1 rings (SSSR count). The molecule has 0 aliphatic carbocycles. The summed E-state index contributed by atoms with van der Waals surface area (Å²) < 4.78 is 0. The quantitative estimate of drug-likeness (QED) is 0.840. The first-order valence-corrected chi connectivity index (χ1v) is 5.32. The topological polar surface area (TPSA) is 45.2 Å². The van der Waals surface area contributed by atoms with Crippen molar-refractivity contribution in [2.45, 2.75) is 26.3 Å². The van der Waals surface area contributed by atoms with Gasteiger partial charge in [-0.05, 0) is 32.9 Å². The second-order valence-electron chi connectivity index (χ2n) is 4.76. The van der Waals surface area contributed by atoms with Crippen molar-refractivity contribution in [3.05, 3.63) is 24.5 Å². The highest BCUT2D eigenvalue weighted by Gasteiger charge is 2.14. The van der Waals surface area contributed by atoms with Crippen molar-refractivity contribution in [1.29, 1.82) is 0 Å². The van der Waals surface area contributed by atoms with Crippen molar-refractivity contribution in [3.8, 4) is 0 Å². The Balaban J connectivity index is 2.55. The number of likely N-dealkylation sites (N-methyl/N-ethyl adjacent to an activating group) is 1. The van der Waals surface area contributed by atoms with E-state index < -0.39 is 0 Å². The van der Waals surface area contributed by atoms with Gasteiger partial charge < -0.3 is 10.2 Å². The normalized spacial score (nSPS) is 11.2. The van der Waals surface area contributed by atoms with Gasteiger partial charge in [0.15, 0.2) is 0 Å². The number of aromatic nitrogens is 1. The van der Waals surface area contributed by atoms with E-state index in [0.717, 1.165) is 5.69 Å². The van der Waals surface area contributed by atoms with Gasteiger partial charge in [0.05, 0.1) is 6.54 Å². The third-order valence-corrected chi connectivity index (χ3v) is 2.19. The summed E-state index contributed by atoms with van der Waals surface area (Å²) in [6.45, 7) is 6.44. The summed E-state index contributed by atoms with van der Waals surface area (Å²) in [6.07, 6.45) is 3.35. The van der Waals surface area contributed by atoms with Gasteiger partial charge in [0.2, 0.25) is 5.91 Å². The molecule has 1 amide bonds. The SMILES string of the molecule is CN(C(=O)CNC(C)(C)C)c1ccncc1. The molecule has 16 heavy (non-hydrogen) atoms. The number of amides is 1. The molecule has 0 saturated carbocycles. The fourth-order valence-corrected chi connectivity index (χ4v) is 1.17. The van der Waals surface area contributed by atoms with E-state index in [-0.39, 0.29) is 11.4 Å². The molecule has 0 bridgehead atoms. The van der Waals surface area contributed by atoms with E-state index in [9.17, 15) is 4.79 Å². The molecule has 0 unspecified atom stereocenters. The molecule has 0 atom stereocenters. The molecule has 0 radical (unpaired) electrons. The van der Waals surface area contributed by atoms with Crippen LogP contribution in [0.4, 0.5) is 5.69 Å². The summed E-state index contributed by atoms with van der Waals surface area (Å²) in [6, 6.07) is 3.63. The van der Waals surface area contributed by atoms with Crippen molar-refractivity contribution in [1.82, 2.24) is 10.3 Å². The molecule has 1 aromatic heterocycles. The standard InChI is InChI=1S/C12H19N3O/c1-12(2,3)14-9-11(16)15(4)10-5-7-13-8-6-10/h5-8,14H,9H2,1-4H3. The van der Waals surface area contributed by atoms with Crippen molar-refractivity contribution >= 4 is 11.6 Å². The highest BCUT2D eigenvalue weighted by atomic mass is 16.2. The molecular weight excluding hydrogens is 202 g/mol. The van der Waals surface area contributed by atoms with Crippen LogP contribution in [0.25, 0.3) is 0 Å². The molecule has 0 saturated heterocycles. The highest BCUT2D eigenvalue weighted by Crippen LogP contribution is 2.09. The van der Waals surface area contributed by atoms with E-state index in [0.29, 0.717) is 6.54 Å². The lowest BCUT2D eigenvalue weighted by Gasteiger charge is -2.23. The fourth-order valence-electron chi connectivity index (χ4n) is 1.17. The van der Waals surface area contributed by atoms with Crippen LogP contribution in [-0.4, -0.2) is 30.0 Å². The third-order valence-electron chi connectivity index (χ3n) is 2.19. The Kier molecular flexibility index (Phi) is 4.01. The van der Waals surface area contributed by atoms with E-state index in [4.69, 9.17) is 0 Å². The summed E-state index contributed by atoms with van der Waals surface area (Å²) >= 11 is 0. The molecule has 0 aliphatic heterocycles. The first-order valence-electron chi connectivity index (χ1n) is 5.32. The van der Waals surface area contributed by atoms with Gasteiger partial charge in [-0.15, -0.1) is 0 Å². The van der Waals surface area contributed by atoms with E-state index in [1.165, 1.54) is 0 Å². The fraction of sp³-hybridized carbons (Fsp3) is 0.500. The van der Waals surface area contributed by atoms with Crippen molar-refractivity contribution < 1.29 is 4.79 Å². The number of pyridine rings is 1. The van der Waals surface area contributed by atoms with Gasteiger partial charge in [-0.2, -0.15) is 0 Å². The van der Waals surface area contributed by atoms with E-state index >= 15 is 0 Å². The maximum absolute atomic E-state index is 11.8. The van der Waals surface area contributed by atoms with Crippen LogP contribution < -0.4 is 10.2 Å². The maximum atomic E-state index is 11.8. The summed E-state index contributed by atoms with van der Waals surface area (Å²) in [5, 5.41) is 3.17. The monoisotopic (exact) mass is 221 g/mol. The summed E-state index contributed by atoms with van der Waals surface area (Å²) in [4.78, 5) is 17.4. The van der Waals surface area contributed by atoms with Gasteiger partial charge in [-0.3, -0.25) is 9.78 Å². The summed E-state index contributed by atoms with van der Waals surface area (Å²) in [5.41, 5.74) is 0.810. The molecule has 88 valence electrons. The number of rotatable bonds is 3. The van der Waals surface area contributed by atoms with Crippen LogP contribution >= 0.6 is 0 Å². The third kappa shape index (κ3) is 3.98. The molecule has 0 aliphatic rings. The molecule has 1 N–H and O–H groups in total. The molecule has 4 nitrogen and oxygen atoms in total. The lowest BCUT2D eigenvalue weighted by Crippen LogP contribution is -2.43. The number of anilines is 1. The van der Waals surface area contributed by atoms with Crippen LogP contribution in [0.5, 0.6) is 0 Å².